The van der Waals surface area contributed by atoms with E-state index in [1.54, 1.807) is 6.20 Å². The Morgan fingerprint density at radius 1 is 1.03 bits per heavy atom. The Labute approximate surface area is 169 Å². The molecule has 5 rings (SSSR count). The van der Waals surface area contributed by atoms with E-state index < -0.39 is 0 Å². The van der Waals surface area contributed by atoms with Crippen molar-refractivity contribution in [3.05, 3.63) is 83.8 Å². The van der Waals surface area contributed by atoms with Crippen LogP contribution in [0.4, 0.5) is 5.69 Å². The Morgan fingerprint density at radius 3 is 2.69 bits per heavy atom. The molecule has 1 aliphatic rings. The highest BCUT2D eigenvalue weighted by atomic mass is 16.2. The van der Waals surface area contributed by atoms with Gasteiger partial charge in [-0.3, -0.25) is 9.36 Å². The predicted octanol–water partition coefficient (Wildman–Crippen LogP) is 4.11. The number of benzene rings is 2. The van der Waals surface area contributed by atoms with Crippen LogP contribution in [0.1, 0.15) is 23.9 Å². The molecule has 2 aromatic heterocycles. The molecule has 5 nitrogen and oxygen atoms in total. The lowest BCUT2D eigenvalue weighted by Crippen LogP contribution is -2.30. The molecule has 0 radical (unpaired) electrons. The first-order valence-electron chi connectivity index (χ1n) is 10.0. The second-order valence-electron chi connectivity index (χ2n) is 7.33. The Hall–Kier alpha value is -3.47. The van der Waals surface area contributed by atoms with Gasteiger partial charge in [-0.2, -0.15) is 0 Å². The molecule has 0 fully saturated rings. The van der Waals surface area contributed by atoms with Crippen molar-refractivity contribution in [3.63, 3.8) is 0 Å². The van der Waals surface area contributed by atoms with Gasteiger partial charge in [0.05, 0.1) is 6.42 Å². The minimum Gasteiger partial charge on any atom is -0.312 e. The van der Waals surface area contributed by atoms with Crippen molar-refractivity contribution in [1.82, 2.24) is 14.5 Å². The number of pyridine rings is 1. The molecule has 0 aliphatic carbocycles. The van der Waals surface area contributed by atoms with Gasteiger partial charge in [-0.15, -0.1) is 0 Å². The van der Waals surface area contributed by atoms with Crippen LogP contribution in [-0.4, -0.2) is 27.0 Å². The molecule has 144 valence electrons. The smallest absolute Gasteiger partial charge is 0.231 e. The molecular formula is C24H22N4O. The maximum atomic E-state index is 12.9. The lowest BCUT2D eigenvalue weighted by atomic mass is 10.1. The summed E-state index contributed by atoms with van der Waals surface area (Å²) < 4.78 is 2.09. The predicted molar refractivity (Wildman–Crippen MR) is 114 cm³/mol. The second-order valence-corrected chi connectivity index (χ2v) is 7.33. The summed E-state index contributed by atoms with van der Waals surface area (Å²) >= 11 is 0. The lowest BCUT2D eigenvalue weighted by Gasteiger charge is -2.17. The molecule has 0 spiro atoms. The van der Waals surface area contributed by atoms with E-state index >= 15 is 0 Å². The van der Waals surface area contributed by atoms with Crippen LogP contribution in [-0.2, 0) is 24.1 Å². The van der Waals surface area contributed by atoms with E-state index in [1.807, 2.05) is 47.4 Å². The third kappa shape index (κ3) is 3.09. The van der Waals surface area contributed by atoms with Crippen LogP contribution in [0.5, 0.6) is 0 Å². The molecular weight excluding hydrogens is 360 g/mol. The molecule has 3 heterocycles. The van der Waals surface area contributed by atoms with E-state index in [-0.39, 0.29) is 5.91 Å². The number of aryl methyl sites for hydroxylation is 1. The summed E-state index contributed by atoms with van der Waals surface area (Å²) in [4.78, 5) is 24.0. The molecule has 0 unspecified atom stereocenters. The Morgan fingerprint density at radius 2 is 1.86 bits per heavy atom. The zero-order chi connectivity index (χ0) is 19.8. The number of aromatic nitrogens is 3. The number of amides is 1. The third-order valence-electron chi connectivity index (χ3n) is 5.54. The van der Waals surface area contributed by atoms with Crippen LogP contribution < -0.4 is 4.90 Å². The van der Waals surface area contributed by atoms with Crippen LogP contribution >= 0.6 is 0 Å². The largest absolute Gasteiger partial charge is 0.312 e. The number of fused-ring (bicyclic) bond motifs is 2. The van der Waals surface area contributed by atoms with Gasteiger partial charge >= 0.3 is 0 Å². The summed E-state index contributed by atoms with van der Waals surface area (Å²) in [5.74, 6) is 1.13. The molecule has 5 heteroatoms. The Bertz CT molecular complexity index is 1190. The summed E-state index contributed by atoms with van der Waals surface area (Å²) in [5, 5.41) is 0. The van der Waals surface area contributed by atoms with Crippen LogP contribution in [0.2, 0.25) is 0 Å². The Kier molecular flexibility index (Phi) is 4.35. The first kappa shape index (κ1) is 17.6. The number of carbonyl (C=O) groups excluding carboxylic acids is 1. The van der Waals surface area contributed by atoms with E-state index in [0.717, 1.165) is 53.3 Å². The maximum Gasteiger partial charge on any atom is 0.231 e. The van der Waals surface area contributed by atoms with Crippen molar-refractivity contribution in [3.8, 4) is 5.69 Å². The van der Waals surface area contributed by atoms with Gasteiger partial charge in [0.15, 0.2) is 5.65 Å². The van der Waals surface area contributed by atoms with E-state index in [4.69, 9.17) is 4.98 Å². The SMILES string of the molecule is CCc1nc2cccnc2n1-c1ccc(CC(=O)N2CCc3ccccc32)cc1. The lowest BCUT2D eigenvalue weighted by molar-refractivity contribution is -0.117. The summed E-state index contributed by atoms with van der Waals surface area (Å²) in [6, 6.07) is 20.2. The quantitative estimate of drug-likeness (QED) is 0.534. The number of hydrogen-bond acceptors (Lipinski definition) is 3. The summed E-state index contributed by atoms with van der Waals surface area (Å²) in [7, 11) is 0. The summed E-state index contributed by atoms with van der Waals surface area (Å²) in [6.45, 7) is 2.86. The first-order chi connectivity index (χ1) is 14.2. The van der Waals surface area contributed by atoms with Gasteiger partial charge < -0.3 is 4.90 Å². The molecule has 0 bridgehead atoms. The van der Waals surface area contributed by atoms with Crippen LogP contribution in [0.15, 0.2) is 66.9 Å². The van der Waals surface area contributed by atoms with E-state index in [2.05, 4.69) is 34.7 Å². The number of hydrogen-bond donors (Lipinski definition) is 0. The minimum absolute atomic E-state index is 0.145. The Balaban J connectivity index is 1.40. The van der Waals surface area contributed by atoms with Crippen molar-refractivity contribution < 1.29 is 4.79 Å². The minimum atomic E-state index is 0.145. The van der Waals surface area contributed by atoms with Gasteiger partial charge in [-0.05, 0) is 47.9 Å². The van der Waals surface area contributed by atoms with Gasteiger partial charge in [0.25, 0.3) is 0 Å². The molecule has 0 saturated carbocycles. The highest BCUT2D eigenvalue weighted by molar-refractivity contribution is 5.96. The fourth-order valence-electron chi connectivity index (χ4n) is 4.10. The normalized spacial score (nSPS) is 13.1. The van der Waals surface area contributed by atoms with Crippen molar-refractivity contribution in [1.29, 1.82) is 0 Å². The third-order valence-corrected chi connectivity index (χ3v) is 5.54. The number of rotatable bonds is 4. The highest BCUT2D eigenvalue weighted by Gasteiger charge is 2.24. The topological polar surface area (TPSA) is 51.0 Å². The van der Waals surface area contributed by atoms with E-state index in [0.29, 0.717) is 6.42 Å². The average Bonchev–Trinajstić information content (AvgIpc) is 3.36. The van der Waals surface area contributed by atoms with Gasteiger partial charge in [0.2, 0.25) is 5.91 Å². The van der Waals surface area contributed by atoms with Crippen molar-refractivity contribution in [2.45, 2.75) is 26.2 Å². The fourth-order valence-corrected chi connectivity index (χ4v) is 4.10. The summed E-state index contributed by atoms with van der Waals surface area (Å²) in [5.41, 5.74) is 6.10. The monoisotopic (exact) mass is 382 g/mol. The molecule has 4 aromatic rings. The van der Waals surface area contributed by atoms with Gasteiger partial charge in [-0.1, -0.05) is 37.3 Å². The van der Waals surface area contributed by atoms with E-state index in [1.165, 1.54) is 5.56 Å². The average molecular weight is 382 g/mol. The number of para-hydroxylation sites is 1. The molecule has 0 atom stereocenters. The second kappa shape index (κ2) is 7.17. The fraction of sp³-hybridized carbons (Fsp3) is 0.208. The van der Waals surface area contributed by atoms with Crippen LogP contribution in [0, 0.1) is 0 Å². The first-order valence-corrected chi connectivity index (χ1v) is 10.0. The molecule has 1 amide bonds. The molecule has 29 heavy (non-hydrogen) atoms. The standard InChI is InChI=1S/C24H22N4O/c1-2-22-26-20-7-5-14-25-24(20)28(22)19-11-9-17(10-12-19)16-23(29)27-15-13-18-6-3-4-8-21(18)27/h3-12,14H,2,13,15-16H2,1H3. The van der Waals surface area contributed by atoms with Crippen molar-refractivity contribution >= 4 is 22.8 Å². The zero-order valence-corrected chi connectivity index (χ0v) is 16.4. The number of imidazole rings is 1. The zero-order valence-electron chi connectivity index (χ0n) is 16.4. The van der Waals surface area contributed by atoms with E-state index in [9.17, 15) is 4.79 Å². The van der Waals surface area contributed by atoms with Gasteiger partial charge in [0, 0.05) is 30.5 Å². The summed E-state index contributed by atoms with van der Waals surface area (Å²) in [6.07, 6.45) is 3.95. The maximum absolute atomic E-state index is 12.9. The van der Waals surface area contributed by atoms with Crippen molar-refractivity contribution in [2.75, 3.05) is 11.4 Å². The van der Waals surface area contributed by atoms with Crippen molar-refractivity contribution in [2.24, 2.45) is 0 Å². The van der Waals surface area contributed by atoms with Gasteiger partial charge in [-0.25, -0.2) is 9.97 Å². The number of nitrogens with zero attached hydrogens (tertiary/aromatic N) is 4. The molecule has 0 N–H and O–H groups in total. The molecule has 1 aliphatic heterocycles. The molecule has 2 aromatic carbocycles. The van der Waals surface area contributed by atoms with Crippen LogP contribution in [0.25, 0.3) is 16.9 Å². The number of anilines is 1. The number of carbonyl (C=O) groups is 1. The van der Waals surface area contributed by atoms with Gasteiger partial charge in [0.1, 0.15) is 11.3 Å². The highest BCUT2D eigenvalue weighted by Crippen LogP contribution is 2.28. The van der Waals surface area contributed by atoms with Crippen LogP contribution in [0.3, 0.4) is 0 Å². The molecule has 0 saturated heterocycles.